The van der Waals surface area contributed by atoms with Crippen LogP contribution in [0.15, 0.2) is 24.5 Å². The van der Waals surface area contributed by atoms with Crippen molar-refractivity contribution in [2.45, 2.75) is 39.7 Å². The molecule has 3 nitrogen and oxygen atoms in total. The minimum Gasteiger partial charge on any atom is -0.313 e. The van der Waals surface area contributed by atoms with Crippen LogP contribution in [0.25, 0.3) is 0 Å². The Labute approximate surface area is 112 Å². The molecule has 0 aromatic carbocycles. The van der Waals surface area contributed by atoms with Gasteiger partial charge in [0.1, 0.15) is 0 Å². The number of rotatable bonds is 9. The van der Waals surface area contributed by atoms with Crippen LogP contribution in [-0.4, -0.2) is 42.1 Å². The summed E-state index contributed by atoms with van der Waals surface area (Å²) in [4.78, 5) is 6.49. The Morgan fingerprint density at radius 2 is 1.89 bits per heavy atom. The van der Waals surface area contributed by atoms with Crippen molar-refractivity contribution in [1.82, 2.24) is 15.2 Å². The van der Waals surface area contributed by atoms with E-state index in [9.17, 15) is 0 Å². The quantitative estimate of drug-likeness (QED) is 0.681. The molecular weight excluding hydrogens is 222 g/mol. The lowest BCUT2D eigenvalue weighted by atomic mass is 10.1. The molecule has 102 valence electrons. The van der Waals surface area contributed by atoms with Crippen molar-refractivity contribution in [2.75, 3.05) is 26.2 Å². The van der Waals surface area contributed by atoms with E-state index in [1.165, 1.54) is 12.0 Å². The van der Waals surface area contributed by atoms with Gasteiger partial charge in [0.2, 0.25) is 0 Å². The number of likely N-dealkylation sites (N-methyl/N-ethyl adjacent to an activating group) is 1. The summed E-state index contributed by atoms with van der Waals surface area (Å²) in [6.07, 6.45) is 6.05. The van der Waals surface area contributed by atoms with Gasteiger partial charge in [-0.3, -0.25) is 4.98 Å². The Hall–Kier alpha value is -0.930. The first-order valence-corrected chi connectivity index (χ1v) is 7.10. The monoisotopic (exact) mass is 249 g/mol. The number of pyridine rings is 1. The molecule has 1 rings (SSSR count). The average molecular weight is 249 g/mol. The van der Waals surface area contributed by atoms with E-state index in [4.69, 9.17) is 0 Å². The van der Waals surface area contributed by atoms with Gasteiger partial charge < -0.3 is 10.2 Å². The number of aryl methyl sites for hydroxylation is 1. The van der Waals surface area contributed by atoms with E-state index in [0.717, 1.165) is 32.6 Å². The van der Waals surface area contributed by atoms with Crippen LogP contribution in [0.1, 0.15) is 32.8 Å². The highest BCUT2D eigenvalue weighted by molar-refractivity contribution is 5.09. The smallest absolute Gasteiger partial charge is 0.0270 e. The van der Waals surface area contributed by atoms with Gasteiger partial charge in [-0.1, -0.05) is 13.8 Å². The van der Waals surface area contributed by atoms with Crippen LogP contribution < -0.4 is 5.32 Å². The number of aromatic nitrogens is 1. The number of nitrogens with one attached hydrogen (secondary N) is 1. The maximum Gasteiger partial charge on any atom is 0.0270 e. The molecule has 3 heteroatoms. The van der Waals surface area contributed by atoms with E-state index in [1.54, 1.807) is 0 Å². The minimum absolute atomic E-state index is 0.572. The predicted octanol–water partition coefficient (Wildman–Crippen LogP) is 2.33. The molecule has 0 bridgehead atoms. The number of hydrogen-bond donors (Lipinski definition) is 1. The molecule has 0 spiro atoms. The molecule has 0 fully saturated rings. The molecule has 0 radical (unpaired) electrons. The first kappa shape index (κ1) is 15.1. The Morgan fingerprint density at radius 3 is 2.50 bits per heavy atom. The summed E-state index contributed by atoms with van der Waals surface area (Å²) in [5.74, 6) is 0. The fraction of sp³-hybridized carbons (Fsp3) is 0.667. The Morgan fingerprint density at radius 1 is 1.22 bits per heavy atom. The fourth-order valence-electron chi connectivity index (χ4n) is 2.12. The van der Waals surface area contributed by atoms with E-state index in [-0.39, 0.29) is 0 Å². The van der Waals surface area contributed by atoms with Gasteiger partial charge in [0.05, 0.1) is 0 Å². The van der Waals surface area contributed by atoms with Crippen LogP contribution in [-0.2, 0) is 6.42 Å². The predicted molar refractivity (Wildman–Crippen MR) is 77.8 cm³/mol. The van der Waals surface area contributed by atoms with E-state index in [1.807, 2.05) is 12.4 Å². The summed E-state index contributed by atoms with van der Waals surface area (Å²) < 4.78 is 0. The van der Waals surface area contributed by atoms with Crippen LogP contribution in [0.5, 0.6) is 0 Å². The summed E-state index contributed by atoms with van der Waals surface area (Å²) >= 11 is 0. The Balaban J connectivity index is 2.10. The van der Waals surface area contributed by atoms with Crippen molar-refractivity contribution in [3.05, 3.63) is 30.1 Å². The number of hydrogen-bond acceptors (Lipinski definition) is 3. The molecule has 0 aliphatic heterocycles. The highest BCUT2D eigenvalue weighted by Gasteiger charge is 2.05. The summed E-state index contributed by atoms with van der Waals surface area (Å²) in [6.45, 7) is 11.2. The third-order valence-electron chi connectivity index (χ3n) is 3.31. The second kappa shape index (κ2) is 9.06. The lowest BCUT2D eigenvalue weighted by molar-refractivity contribution is 0.271. The molecule has 1 unspecified atom stereocenters. The van der Waals surface area contributed by atoms with Gasteiger partial charge in [0.25, 0.3) is 0 Å². The van der Waals surface area contributed by atoms with Crippen molar-refractivity contribution < 1.29 is 0 Å². The van der Waals surface area contributed by atoms with Gasteiger partial charge in [-0.05, 0) is 57.1 Å². The number of nitrogens with zero attached hydrogens (tertiary/aromatic N) is 2. The fourth-order valence-corrected chi connectivity index (χ4v) is 2.12. The van der Waals surface area contributed by atoms with Crippen LogP contribution in [0.3, 0.4) is 0 Å². The summed E-state index contributed by atoms with van der Waals surface area (Å²) in [6, 6.07) is 4.76. The molecule has 0 amide bonds. The topological polar surface area (TPSA) is 28.2 Å². The van der Waals surface area contributed by atoms with Gasteiger partial charge in [0, 0.05) is 25.0 Å². The molecule has 18 heavy (non-hydrogen) atoms. The second-order valence-electron chi connectivity index (χ2n) is 4.80. The highest BCUT2D eigenvalue weighted by Crippen LogP contribution is 2.00. The first-order valence-electron chi connectivity index (χ1n) is 7.10. The molecule has 1 aromatic heterocycles. The standard InChI is InChI=1S/C15H27N3/c1-4-18(5-2)13-14(3)17-10-6-7-15-8-11-16-12-9-15/h8-9,11-12,14,17H,4-7,10,13H2,1-3H3. The average Bonchev–Trinajstić information content (AvgIpc) is 2.42. The maximum atomic E-state index is 4.03. The summed E-state index contributed by atoms with van der Waals surface area (Å²) in [7, 11) is 0. The summed E-state index contributed by atoms with van der Waals surface area (Å²) in [5, 5.41) is 3.59. The third-order valence-corrected chi connectivity index (χ3v) is 3.31. The van der Waals surface area contributed by atoms with Crippen molar-refractivity contribution in [2.24, 2.45) is 0 Å². The normalized spacial score (nSPS) is 12.9. The lowest BCUT2D eigenvalue weighted by Gasteiger charge is -2.23. The summed E-state index contributed by atoms with van der Waals surface area (Å²) in [5.41, 5.74) is 1.38. The zero-order chi connectivity index (χ0) is 13.2. The Bertz CT molecular complexity index is 296. The van der Waals surface area contributed by atoms with E-state index >= 15 is 0 Å². The van der Waals surface area contributed by atoms with Gasteiger partial charge in [-0.15, -0.1) is 0 Å². The van der Waals surface area contributed by atoms with Crippen molar-refractivity contribution in [3.63, 3.8) is 0 Å². The first-order chi connectivity index (χ1) is 8.76. The van der Waals surface area contributed by atoms with Gasteiger partial charge in [-0.25, -0.2) is 0 Å². The molecule has 0 saturated carbocycles. The molecule has 0 saturated heterocycles. The molecule has 1 atom stereocenters. The van der Waals surface area contributed by atoms with Gasteiger partial charge in [-0.2, -0.15) is 0 Å². The van der Waals surface area contributed by atoms with Crippen molar-refractivity contribution >= 4 is 0 Å². The molecular formula is C15H27N3. The molecule has 1 heterocycles. The molecule has 0 aliphatic rings. The van der Waals surface area contributed by atoms with Crippen LogP contribution in [0.4, 0.5) is 0 Å². The maximum absolute atomic E-state index is 4.03. The Kier molecular flexibility index (Phi) is 7.62. The van der Waals surface area contributed by atoms with Crippen LogP contribution in [0.2, 0.25) is 0 Å². The van der Waals surface area contributed by atoms with Crippen LogP contribution in [0, 0.1) is 0 Å². The highest BCUT2D eigenvalue weighted by atomic mass is 15.1. The molecule has 1 N–H and O–H groups in total. The second-order valence-corrected chi connectivity index (χ2v) is 4.80. The van der Waals surface area contributed by atoms with E-state index < -0.39 is 0 Å². The lowest BCUT2D eigenvalue weighted by Crippen LogP contribution is -2.39. The van der Waals surface area contributed by atoms with Crippen molar-refractivity contribution in [1.29, 1.82) is 0 Å². The SMILES string of the molecule is CCN(CC)CC(C)NCCCc1ccncc1. The van der Waals surface area contributed by atoms with Crippen LogP contribution >= 0.6 is 0 Å². The third kappa shape index (κ3) is 6.12. The van der Waals surface area contributed by atoms with Crippen molar-refractivity contribution in [3.8, 4) is 0 Å². The van der Waals surface area contributed by atoms with Gasteiger partial charge in [0.15, 0.2) is 0 Å². The van der Waals surface area contributed by atoms with Gasteiger partial charge >= 0.3 is 0 Å². The largest absolute Gasteiger partial charge is 0.313 e. The molecule has 0 aliphatic carbocycles. The molecule has 1 aromatic rings. The zero-order valence-corrected chi connectivity index (χ0v) is 12.0. The van der Waals surface area contributed by atoms with E-state index in [2.05, 4.69) is 48.1 Å². The zero-order valence-electron chi connectivity index (χ0n) is 12.0. The van der Waals surface area contributed by atoms with E-state index in [0.29, 0.717) is 6.04 Å². The minimum atomic E-state index is 0.572.